The van der Waals surface area contributed by atoms with Crippen molar-refractivity contribution in [2.45, 2.75) is 30.8 Å². The molecule has 0 spiro atoms. The van der Waals surface area contributed by atoms with E-state index in [2.05, 4.69) is 21.7 Å². The number of hydrogen-bond acceptors (Lipinski definition) is 3. The van der Waals surface area contributed by atoms with E-state index in [-0.39, 0.29) is 41.3 Å². The van der Waals surface area contributed by atoms with Crippen LogP contribution in [0.2, 0.25) is 0 Å². The molecule has 0 aromatic heterocycles. The Balaban J connectivity index is 0.00000256. The lowest BCUT2D eigenvalue weighted by Crippen LogP contribution is -2.49. The van der Waals surface area contributed by atoms with Gasteiger partial charge in [0, 0.05) is 38.6 Å². The molecular formula is C23H29FIN3O2. The highest BCUT2D eigenvalue weighted by atomic mass is 127. The van der Waals surface area contributed by atoms with Crippen LogP contribution in [0.25, 0.3) is 0 Å². The molecule has 4 rings (SSSR count). The number of benzene rings is 2. The largest absolute Gasteiger partial charge is 0.488 e. The van der Waals surface area contributed by atoms with Crippen molar-refractivity contribution in [2.24, 2.45) is 4.99 Å². The summed E-state index contributed by atoms with van der Waals surface area (Å²) in [5.41, 5.74) is 2.29. The first-order valence-electron chi connectivity index (χ1n) is 10.2. The number of hydrogen-bond donors (Lipinski definition) is 2. The molecule has 2 aromatic rings. The van der Waals surface area contributed by atoms with Gasteiger partial charge < -0.3 is 20.1 Å². The lowest BCUT2D eigenvalue weighted by molar-refractivity contribution is 0.0513. The number of aliphatic imine (C=N–C) groups is 1. The zero-order chi connectivity index (χ0) is 20.1. The average Bonchev–Trinajstić information content (AvgIpc) is 3.18. The zero-order valence-corrected chi connectivity index (χ0v) is 19.5. The van der Waals surface area contributed by atoms with Crippen molar-refractivity contribution in [3.63, 3.8) is 0 Å². The molecule has 2 heterocycles. The summed E-state index contributed by atoms with van der Waals surface area (Å²) in [5.74, 6) is 1.51. The minimum absolute atomic E-state index is 0. The third-order valence-electron chi connectivity index (χ3n) is 5.94. The van der Waals surface area contributed by atoms with Crippen molar-refractivity contribution < 1.29 is 13.9 Å². The van der Waals surface area contributed by atoms with Gasteiger partial charge in [0.2, 0.25) is 0 Å². The lowest BCUT2D eigenvalue weighted by Gasteiger charge is -2.38. The van der Waals surface area contributed by atoms with Gasteiger partial charge in [0.05, 0.1) is 6.54 Å². The molecule has 5 nitrogen and oxygen atoms in total. The van der Waals surface area contributed by atoms with Crippen molar-refractivity contribution in [1.29, 1.82) is 0 Å². The summed E-state index contributed by atoms with van der Waals surface area (Å²) in [6.07, 6.45) is 2.78. The topological polar surface area (TPSA) is 54.9 Å². The number of guanidine groups is 1. The van der Waals surface area contributed by atoms with E-state index < -0.39 is 0 Å². The fourth-order valence-corrected chi connectivity index (χ4v) is 4.18. The van der Waals surface area contributed by atoms with Gasteiger partial charge in [0.25, 0.3) is 0 Å². The van der Waals surface area contributed by atoms with Crippen LogP contribution in [0.4, 0.5) is 4.39 Å². The first kappa shape index (κ1) is 22.8. The van der Waals surface area contributed by atoms with Gasteiger partial charge in [-0.15, -0.1) is 24.0 Å². The zero-order valence-electron chi connectivity index (χ0n) is 17.2. The first-order chi connectivity index (χ1) is 14.2. The summed E-state index contributed by atoms with van der Waals surface area (Å²) in [5, 5.41) is 6.86. The molecule has 0 bridgehead atoms. The van der Waals surface area contributed by atoms with Gasteiger partial charge in [-0.3, -0.25) is 4.99 Å². The highest BCUT2D eigenvalue weighted by molar-refractivity contribution is 14.0. The highest BCUT2D eigenvalue weighted by Gasteiger charge is 2.34. The highest BCUT2D eigenvalue weighted by Crippen LogP contribution is 2.34. The quantitative estimate of drug-likeness (QED) is 0.356. The van der Waals surface area contributed by atoms with Crippen LogP contribution in [-0.2, 0) is 16.6 Å². The van der Waals surface area contributed by atoms with E-state index in [1.807, 2.05) is 30.3 Å². The van der Waals surface area contributed by atoms with Crippen molar-refractivity contribution in [3.8, 4) is 5.75 Å². The molecule has 1 atom stereocenters. The summed E-state index contributed by atoms with van der Waals surface area (Å²) in [7, 11) is 1.77. The Morgan fingerprint density at radius 3 is 2.53 bits per heavy atom. The van der Waals surface area contributed by atoms with Gasteiger partial charge in [0.1, 0.15) is 17.7 Å². The molecular weight excluding hydrogens is 496 g/mol. The number of rotatable bonds is 5. The van der Waals surface area contributed by atoms with E-state index in [4.69, 9.17) is 9.47 Å². The van der Waals surface area contributed by atoms with Crippen LogP contribution in [-0.4, -0.2) is 45.4 Å². The van der Waals surface area contributed by atoms with Crippen molar-refractivity contribution in [2.75, 3.05) is 33.4 Å². The fraction of sp³-hybridized carbons (Fsp3) is 0.435. The second-order valence-corrected chi connectivity index (χ2v) is 7.76. The Morgan fingerprint density at radius 1 is 1.10 bits per heavy atom. The molecule has 162 valence electrons. The number of ether oxygens (including phenoxy) is 2. The predicted octanol–water partition coefficient (Wildman–Crippen LogP) is 3.66. The van der Waals surface area contributed by atoms with Gasteiger partial charge >= 0.3 is 0 Å². The molecule has 2 aliphatic heterocycles. The smallest absolute Gasteiger partial charge is 0.191 e. The monoisotopic (exact) mass is 525 g/mol. The minimum Gasteiger partial charge on any atom is -0.488 e. The molecule has 0 saturated carbocycles. The second-order valence-electron chi connectivity index (χ2n) is 7.76. The Kier molecular flexibility index (Phi) is 7.93. The molecule has 7 heteroatoms. The molecule has 0 aliphatic carbocycles. The van der Waals surface area contributed by atoms with Crippen LogP contribution < -0.4 is 15.4 Å². The Hall–Kier alpha value is -1.87. The van der Waals surface area contributed by atoms with Gasteiger partial charge in [-0.05, 0) is 42.2 Å². The summed E-state index contributed by atoms with van der Waals surface area (Å²) in [4.78, 5) is 4.37. The maximum absolute atomic E-state index is 13.4. The number of para-hydroxylation sites is 1. The van der Waals surface area contributed by atoms with Crippen LogP contribution >= 0.6 is 24.0 Å². The maximum atomic E-state index is 13.4. The molecule has 1 saturated heterocycles. The van der Waals surface area contributed by atoms with Crippen LogP contribution in [0.15, 0.2) is 53.5 Å². The van der Waals surface area contributed by atoms with E-state index in [0.29, 0.717) is 26.3 Å². The van der Waals surface area contributed by atoms with Crippen molar-refractivity contribution >= 4 is 29.9 Å². The van der Waals surface area contributed by atoms with E-state index in [1.54, 1.807) is 7.05 Å². The molecule has 2 aliphatic rings. The SMILES string of the molecule is CN=C(NCC1Cc2ccccc2O1)NCC1(c2ccc(F)cc2)CCOCC1.I. The molecule has 2 aromatic carbocycles. The van der Waals surface area contributed by atoms with Crippen LogP contribution in [0.5, 0.6) is 5.75 Å². The Labute approximate surface area is 194 Å². The minimum atomic E-state index is -0.209. The van der Waals surface area contributed by atoms with Gasteiger partial charge in [0.15, 0.2) is 5.96 Å². The number of nitrogens with zero attached hydrogens (tertiary/aromatic N) is 1. The van der Waals surface area contributed by atoms with Crippen molar-refractivity contribution in [1.82, 2.24) is 10.6 Å². The first-order valence-corrected chi connectivity index (χ1v) is 10.2. The second kappa shape index (κ2) is 10.4. The maximum Gasteiger partial charge on any atom is 0.191 e. The summed E-state index contributed by atoms with van der Waals surface area (Å²) < 4.78 is 25.0. The summed E-state index contributed by atoms with van der Waals surface area (Å²) in [6.45, 7) is 2.81. The van der Waals surface area contributed by atoms with E-state index in [1.165, 1.54) is 17.7 Å². The third-order valence-corrected chi connectivity index (χ3v) is 5.94. The van der Waals surface area contributed by atoms with Gasteiger partial charge in [-0.2, -0.15) is 0 Å². The molecule has 0 radical (unpaired) electrons. The van der Waals surface area contributed by atoms with E-state index in [0.717, 1.165) is 36.5 Å². The molecule has 30 heavy (non-hydrogen) atoms. The van der Waals surface area contributed by atoms with Crippen molar-refractivity contribution in [3.05, 3.63) is 65.5 Å². The van der Waals surface area contributed by atoms with Gasteiger partial charge in [-0.25, -0.2) is 4.39 Å². The fourth-order valence-electron chi connectivity index (χ4n) is 4.18. The Morgan fingerprint density at radius 2 is 1.83 bits per heavy atom. The molecule has 2 N–H and O–H groups in total. The van der Waals surface area contributed by atoms with Crippen LogP contribution in [0.1, 0.15) is 24.0 Å². The lowest BCUT2D eigenvalue weighted by atomic mass is 9.74. The molecule has 0 amide bonds. The summed E-state index contributed by atoms with van der Waals surface area (Å²) >= 11 is 0. The average molecular weight is 525 g/mol. The number of nitrogens with one attached hydrogen (secondary N) is 2. The predicted molar refractivity (Wildman–Crippen MR) is 127 cm³/mol. The Bertz CT molecular complexity index is 829. The van der Waals surface area contributed by atoms with Gasteiger partial charge in [-0.1, -0.05) is 30.3 Å². The third kappa shape index (κ3) is 5.24. The normalized spacial score (nSPS) is 19.9. The van der Waals surface area contributed by atoms with Crippen LogP contribution in [0, 0.1) is 5.82 Å². The number of fused-ring (bicyclic) bond motifs is 1. The van der Waals surface area contributed by atoms with Crippen LogP contribution in [0.3, 0.4) is 0 Å². The standard InChI is InChI=1S/C23H28FN3O2.HI/c1-25-22(26-15-20-14-17-4-2-3-5-21(17)29-20)27-16-23(10-12-28-13-11-23)18-6-8-19(24)9-7-18;/h2-9,20H,10-16H2,1H3,(H2,25,26,27);1H. The van der Waals surface area contributed by atoms with E-state index >= 15 is 0 Å². The summed E-state index contributed by atoms with van der Waals surface area (Å²) in [6, 6.07) is 15.0. The molecule has 1 unspecified atom stereocenters. The van der Waals surface area contributed by atoms with E-state index in [9.17, 15) is 4.39 Å². The molecule has 1 fully saturated rings. The number of halogens is 2.